The molecule has 0 bridgehead atoms. The molecule has 0 aliphatic rings. The molecule has 0 saturated heterocycles. The van der Waals surface area contributed by atoms with Crippen LogP contribution in [0.3, 0.4) is 0 Å². The maximum absolute atomic E-state index is 12.7. The van der Waals surface area contributed by atoms with Crippen molar-refractivity contribution >= 4 is 13.8 Å². The molecule has 0 saturated carbocycles. The van der Waals surface area contributed by atoms with E-state index >= 15 is 0 Å². The second kappa shape index (κ2) is 42.0. The number of rotatable bonds is 46. The Labute approximate surface area is 354 Å². The van der Waals surface area contributed by atoms with E-state index in [1.165, 1.54) is 180 Å². The molecule has 0 heterocycles. The number of ether oxygens (including phenoxy) is 2. The number of likely N-dealkylation sites (N-methyl/N-ethyl adjacent to an activating group) is 1. The molecule has 0 rings (SSSR count). The summed E-state index contributed by atoms with van der Waals surface area (Å²) in [6, 6.07) is 0. The van der Waals surface area contributed by atoms with Crippen molar-refractivity contribution in [2.45, 2.75) is 238 Å². The number of hydrogen-bond acceptors (Lipinski definition) is 7. The van der Waals surface area contributed by atoms with Crippen molar-refractivity contribution in [3.8, 4) is 0 Å². The van der Waals surface area contributed by atoms with E-state index in [9.17, 15) is 14.3 Å². The maximum Gasteiger partial charge on any atom is 0.306 e. The number of allylic oxidation sites excluding steroid dienone is 2. The van der Waals surface area contributed by atoms with E-state index in [4.69, 9.17) is 18.5 Å². The van der Waals surface area contributed by atoms with E-state index in [0.717, 1.165) is 32.1 Å². The highest BCUT2D eigenvalue weighted by atomic mass is 31.2. The summed E-state index contributed by atoms with van der Waals surface area (Å²) in [6.45, 7) is 5.45. The van der Waals surface area contributed by atoms with Crippen LogP contribution in [0.4, 0.5) is 0 Å². The molecule has 0 fully saturated rings. The number of unbranched alkanes of at least 4 members (excludes halogenated alkanes) is 30. The second-order valence-electron chi connectivity index (χ2n) is 17.8. The lowest BCUT2D eigenvalue weighted by Crippen LogP contribution is -2.37. The molecule has 340 valence electrons. The zero-order valence-electron chi connectivity index (χ0n) is 38.6. The van der Waals surface area contributed by atoms with Crippen molar-refractivity contribution in [2.75, 3.05) is 54.1 Å². The summed E-state index contributed by atoms with van der Waals surface area (Å²) in [6.07, 6.45) is 46.6. The minimum Gasteiger partial charge on any atom is -0.756 e. The number of carbonyl (C=O) groups is 1. The van der Waals surface area contributed by atoms with Gasteiger partial charge >= 0.3 is 5.97 Å². The van der Waals surface area contributed by atoms with Crippen LogP contribution in [0.2, 0.25) is 0 Å². The third-order valence-corrected chi connectivity index (χ3v) is 11.8. The van der Waals surface area contributed by atoms with Crippen molar-refractivity contribution in [1.82, 2.24) is 0 Å². The molecule has 0 aromatic carbocycles. The first kappa shape index (κ1) is 56.2. The van der Waals surface area contributed by atoms with Gasteiger partial charge in [0.25, 0.3) is 7.82 Å². The Kier molecular flexibility index (Phi) is 41.4. The number of phosphoric ester groups is 1. The van der Waals surface area contributed by atoms with Gasteiger partial charge in [0.15, 0.2) is 0 Å². The topological polar surface area (TPSA) is 94.1 Å². The van der Waals surface area contributed by atoms with Crippen LogP contribution < -0.4 is 4.89 Å². The molecular weight excluding hydrogens is 734 g/mol. The maximum atomic E-state index is 12.7. The fourth-order valence-electron chi connectivity index (χ4n) is 7.01. The van der Waals surface area contributed by atoms with Crippen LogP contribution in [-0.4, -0.2) is 70.7 Å². The number of phosphoric acid groups is 1. The van der Waals surface area contributed by atoms with E-state index in [0.29, 0.717) is 24.1 Å². The third kappa shape index (κ3) is 46.2. The van der Waals surface area contributed by atoms with Gasteiger partial charge in [0.05, 0.1) is 34.4 Å². The number of esters is 1. The number of carbonyl (C=O) groups excluding carboxylic acids is 1. The zero-order valence-corrected chi connectivity index (χ0v) is 39.5. The first-order valence-corrected chi connectivity index (χ1v) is 25.9. The van der Waals surface area contributed by atoms with Gasteiger partial charge < -0.3 is 27.9 Å². The van der Waals surface area contributed by atoms with E-state index < -0.39 is 13.9 Å². The summed E-state index contributed by atoms with van der Waals surface area (Å²) in [5.74, 6) is -0.330. The van der Waals surface area contributed by atoms with Gasteiger partial charge in [-0.05, 0) is 38.5 Å². The Balaban J connectivity index is 4.09. The monoisotopic (exact) mass is 830 g/mol. The Bertz CT molecular complexity index is 925. The fourth-order valence-corrected chi connectivity index (χ4v) is 7.74. The van der Waals surface area contributed by atoms with Crippen molar-refractivity contribution in [1.29, 1.82) is 0 Å². The quantitative estimate of drug-likeness (QED) is 0.0198. The zero-order chi connectivity index (χ0) is 42.0. The minimum absolute atomic E-state index is 0.0294. The summed E-state index contributed by atoms with van der Waals surface area (Å²) < 4.78 is 34.7. The van der Waals surface area contributed by atoms with Gasteiger partial charge in [-0.1, -0.05) is 199 Å². The Morgan fingerprint density at radius 3 is 1.33 bits per heavy atom. The van der Waals surface area contributed by atoms with Crippen LogP contribution in [0.15, 0.2) is 12.2 Å². The molecule has 0 aromatic rings. The first-order chi connectivity index (χ1) is 27.6. The molecule has 0 aliphatic heterocycles. The smallest absolute Gasteiger partial charge is 0.306 e. The molecule has 8 nitrogen and oxygen atoms in total. The van der Waals surface area contributed by atoms with Crippen molar-refractivity contribution < 1.29 is 37.3 Å². The predicted octanol–water partition coefficient (Wildman–Crippen LogP) is 14.0. The SMILES string of the molecule is CCCCCCCCCC/C=C\CCCCCCCCCCCCOCC(COP(=O)([O-])OCC[N+](C)(C)C)OC(=O)CCCCCCCCCCCCCCC. The van der Waals surface area contributed by atoms with Gasteiger partial charge in [-0.15, -0.1) is 0 Å². The molecule has 9 heteroatoms. The van der Waals surface area contributed by atoms with Crippen LogP contribution in [0.25, 0.3) is 0 Å². The highest BCUT2D eigenvalue weighted by molar-refractivity contribution is 7.45. The lowest BCUT2D eigenvalue weighted by molar-refractivity contribution is -0.870. The molecule has 0 radical (unpaired) electrons. The number of hydrogen-bond donors (Lipinski definition) is 0. The highest BCUT2D eigenvalue weighted by Gasteiger charge is 2.20. The summed E-state index contributed by atoms with van der Waals surface area (Å²) in [7, 11) is 1.37. The lowest BCUT2D eigenvalue weighted by atomic mass is 10.0. The van der Waals surface area contributed by atoms with E-state index in [2.05, 4.69) is 26.0 Å². The fraction of sp³-hybridized carbons (Fsp3) is 0.938. The normalized spacial score (nSPS) is 13.7. The van der Waals surface area contributed by atoms with Crippen molar-refractivity contribution in [2.24, 2.45) is 0 Å². The molecule has 0 aromatic heterocycles. The molecule has 0 N–H and O–H groups in total. The molecule has 2 atom stereocenters. The predicted molar refractivity (Wildman–Crippen MR) is 241 cm³/mol. The first-order valence-electron chi connectivity index (χ1n) is 24.4. The Morgan fingerprint density at radius 1 is 0.526 bits per heavy atom. The van der Waals surface area contributed by atoms with Gasteiger partial charge in [0.1, 0.15) is 19.3 Å². The molecule has 0 aliphatic carbocycles. The van der Waals surface area contributed by atoms with Gasteiger partial charge in [0, 0.05) is 13.0 Å². The summed E-state index contributed by atoms with van der Waals surface area (Å²) >= 11 is 0. The molecule has 0 amide bonds. The van der Waals surface area contributed by atoms with Crippen molar-refractivity contribution in [3.05, 3.63) is 12.2 Å². The van der Waals surface area contributed by atoms with Crippen LogP contribution >= 0.6 is 7.82 Å². The van der Waals surface area contributed by atoms with Gasteiger partial charge in [-0.3, -0.25) is 9.36 Å². The highest BCUT2D eigenvalue weighted by Crippen LogP contribution is 2.38. The molecular formula is C48H96NO7P. The summed E-state index contributed by atoms with van der Waals surface area (Å²) in [5.41, 5.74) is 0. The molecule has 0 spiro atoms. The van der Waals surface area contributed by atoms with Crippen LogP contribution in [0.5, 0.6) is 0 Å². The van der Waals surface area contributed by atoms with E-state index in [1.807, 2.05) is 21.1 Å². The van der Waals surface area contributed by atoms with Crippen LogP contribution in [-0.2, 0) is 27.9 Å². The summed E-state index contributed by atoms with van der Waals surface area (Å²) in [5, 5.41) is 0. The van der Waals surface area contributed by atoms with Crippen LogP contribution in [0, 0.1) is 0 Å². The van der Waals surface area contributed by atoms with Gasteiger partial charge in [-0.2, -0.15) is 0 Å². The Hall–Kier alpha value is -0.760. The average molecular weight is 830 g/mol. The lowest BCUT2D eigenvalue weighted by Gasteiger charge is -2.28. The number of quaternary nitrogens is 1. The van der Waals surface area contributed by atoms with Gasteiger partial charge in [-0.25, -0.2) is 0 Å². The van der Waals surface area contributed by atoms with Crippen LogP contribution in [0.1, 0.15) is 232 Å². The van der Waals surface area contributed by atoms with Gasteiger partial charge in [0.2, 0.25) is 0 Å². The second-order valence-corrected chi connectivity index (χ2v) is 19.2. The average Bonchev–Trinajstić information content (AvgIpc) is 3.16. The van der Waals surface area contributed by atoms with E-state index in [-0.39, 0.29) is 25.8 Å². The Morgan fingerprint density at radius 2 is 0.912 bits per heavy atom. The van der Waals surface area contributed by atoms with E-state index in [1.54, 1.807) is 0 Å². The summed E-state index contributed by atoms with van der Waals surface area (Å²) in [4.78, 5) is 25.1. The van der Waals surface area contributed by atoms with Crippen molar-refractivity contribution in [3.63, 3.8) is 0 Å². The third-order valence-electron chi connectivity index (χ3n) is 10.8. The molecule has 2 unspecified atom stereocenters. The standard InChI is InChI=1S/C48H96NO7P/c1-6-8-10-12-14-16-18-20-21-22-23-24-25-26-27-28-30-32-34-36-38-40-43-53-45-47(46-55-57(51,52)54-44-42-49(3,4)5)56-48(50)41-39-37-35-33-31-29-19-17-15-13-11-9-7-2/h22-23,47H,6-21,24-46H2,1-5H3/b23-22-. The number of nitrogens with zero attached hydrogens (tertiary/aromatic N) is 1. The molecule has 57 heavy (non-hydrogen) atoms. The minimum atomic E-state index is -4.52. The largest absolute Gasteiger partial charge is 0.756 e.